The average molecular weight is 321 g/mol. The summed E-state index contributed by atoms with van der Waals surface area (Å²) in [5.74, 6) is 0.776. The number of pyridine rings is 1. The van der Waals surface area contributed by atoms with Gasteiger partial charge in [0.2, 0.25) is 0 Å². The Kier molecular flexibility index (Phi) is 9.35. The second kappa shape index (κ2) is 10.1. The Morgan fingerprint density at radius 2 is 1.86 bits per heavy atom. The molecule has 0 radical (unpaired) electrons. The first-order valence-corrected chi connectivity index (χ1v) is 7.42. The van der Waals surface area contributed by atoms with E-state index in [1.807, 2.05) is 27.7 Å². The molecule has 0 aliphatic rings. The number of alkyl halides is 3. The molecule has 0 unspecified atom stereocenters. The largest absolute Gasteiger partial charge is 0.433 e. The molecule has 0 aromatic carbocycles. The normalized spacial score (nSPS) is 10.0. The van der Waals surface area contributed by atoms with E-state index in [4.69, 9.17) is 0 Å². The van der Waals surface area contributed by atoms with Crippen LogP contribution in [-0.4, -0.2) is 25.6 Å². The van der Waals surface area contributed by atoms with Crippen molar-refractivity contribution in [1.29, 1.82) is 0 Å². The highest BCUT2D eigenvalue weighted by Crippen LogP contribution is 2.30. The zero-order valence-corrected chi connectivity index (χ0v) is 13.1. The van der Waals surface area contributed by atoms with Crippen LogP contribution in [0.3, 0.4) is 0 Å². The molecule has 0 saturated carbocycles. The summed E-state index contributed by atoms with van der Waals surface area (Å²) in [6, 6.07) is 2.49. The van der Waals surface area contributed by atoms with Crippen molar-refractivity contribution < 1.29 is 13.2 Å². The number of rotatable bonds is 3. The molecule has 0 saturated heterocycles. The van der Waals surface area contributed by atoms with E-state index in [-0.39, 0.29) is 0 Å². The van der Waals surface area contributed by atoms with E-state index in [0.717, 1.165) is 12.3 Å². The first kappa shape index (κ1) is 19.4. The minimum absolute atomic E-state index is 0.345. The van der Waals surface area contributed by atoms with Gasteiger partial charge in [-0.1, -0.05) is 32.9 Å². The van der Waals surface area contributed by atoms with Crippen LogP contribution in [0.15, 0.2) is 23.2 Å². The maximum atomic E-state index is 12.4. The number of H-pyrrole nitrogens is 1. The monoisotopic (exact) mass is 321 g/mol. The van der Waals surface area contributed by atoms with Gasteiger partial charge in [0, 0.05) is 11.1 Å². The first-order chi connectivity index (χ1) is 10.1. The molecule has 2 aromatic rings. The summed E-state index contributed by atoms with van der Waals surface area (Å²) in [6.07, 6.45) is -3.30. The molecule has 118 valence electrons. The number of hydrogen-bond acceptors (Lipinski definition) is 5. The van der Waals surface area contributed by atoms with Crippen molar-refractivity contribution >= 4 is 11.8 Å². The molecule has 0 spiro atoms. The van der Waals surface area contributed by atoms with Crippen LogP contribution in [0.1, 0.15) is 39.2 Å². The summed E-state index contributed by atoms with van der Waals surface area (Å²) in [5.41, 5.74) is -0.907. The maximum Gasteiger partial charge on any atom is 0.433 e. The van der Waals surface area contributed by atoms with Crippen LogP contribution in [0, 0.1) is 0 Å². The molecule has 2 heterocycles. The third-order valence-electron chi connectivity index (χ3n) is 1.78. The van der Waals surface area contributed by atoms with Gasteiger partial charge in [-0.15, -0.1) is 22.0 Å². The van der Waals surface area contributed by atoms with Gasteiger partial charge in [0.25, 0.3) is 0 Å². The predicted molar refractivity (Wildman–Crippen MR) is 75.7 cm³/mol. The van der Waals surface area contributed by atoms with Crippen molar-refractivity contribution in [2.45, 2.75) is 44.5 Å². The molecular weight excluding hydrogens is 303 g/mol. The lowest BCUT2D eigenvalue weighted by molar-refractivity contribution is -0.141. The van der Waals surface area contributed by atoms with Crippen molar-refractivity contribution in [2.24, 2.45) is 0 Å². The summed E-state index contributed by atoms with van der Waals surface area (Å²) < 4.78 is 37.1. The SMILES string of the molecule is CC.CC.FC(F)(F)c1cc(SCc2nn[nH]n2)ccn1. The topological polar surface area (TPSA) is 67.3 Å². The Balaban J connectivity index is 0.000000921. The summed E-state index contributed by atoms with van der Waals surface area (Å²) in [4.78, 5) is 3.72. The van der Waals surface area contributed by atoms with Gasteiger partial charge in [0.1, 0.15) is 5.69 Å². The molecule has 0 aliphatic carbocycles. The Bertz CT molecular complexity index is 488. The number of aromatic amines is 1. The van der Waals surface area contributed by atoms with Gasteiger partial charge in [-0.05, 0) is 12.1 Å². The first-order valence-electron chi connectivity index (χ1n) is 6.44. The van der Waals surface area contributed by atoms with E-state index < -0.39 is 11.9 Å². The molecule has 9 heteroatoms. The number of nitrogens with one attached hydrogen (secondary N) is 1. The Labute approximate surface area is 125 Å². The average Bonchev–Trinajstić information content (AvgIpc) is 3.02. The molecule has 2 rings (SSSR count). The second-order valence-corrected chi connectivity index (χ2v) is 4.04. The van der Waals surface area contributed by atoms with Crippen LogP contribution in [0.25, 0.3) is 0 Å². The van der Waals surface area contributed by atoms with E-state index >= 15 is 0 Å². The third kappa shape index (κ3) is 7.07. The maximum absolute atomic E-state index is 12.4. The number of hydrogen-bond donors (Lipinski definition) is 1. The van der Waals surface area contributed by atoms with Crippen LogP contribution >= 0.6 is 11.8 Å². The van der Waals surface area contributed by atoms with E-state index in [1.54, 1.807) is 0 Å². The Morgan fingerprint density at radius 3 is 2.38 bits per heavy atom. The predicted octanol–water partition coefficient (Wildman–Crippen LogP) is 3.96. The fourth-order valence-corrected chi connectivity index (χ4v) is 1.82. The van der Waals surface area contributed by atoms with Crippen molar-refractivity contribution in [3.63, 3.8) is 0 Å². The van der Waals surface area contributed by atoms with Gasteiger partial charge < -0.3 is 0 Å². The van der Waals surface area contributed by atoms with E-state index in [1.165, 1.54) is 17.8 Å². The molecule has 21 heavy (non-hydrogen) atoms. The van der Waals surface area contributed by atoms with Crippen LogP contribution in [0.4, 0.5) is 13.2 Å². The minimum Gasteiger partial charge on any atom is -0.252 e. The summed E-state index contributed by atoms with van der Waals surface area (Å²) in [5, 5.41) is 13.0. The fraction of sp³-hybridized carbons (Fsp3) is 0.500. The lowest BCUT2D eigenvalue weighted by Crippen LogP contribution is -2.07. The highest BCUT2D eigenvalue weighted by molar-refractivity contribution is 7.98. The zero-order valence-electron chi connectivity index (χ0n) is 12.3. The molecule has 0 bridgehead atoms. The molecule has 1 N–H and O–H groups in total. The fourth-order valence-electron chi connectivity index (χ4n) is 1.05. The van der Waals surface area contributed by atoms with Gasteiger partial charge in [0.15, 0.2) is 5.82 Å². The quantitative estimate of drug-likeness (QED) is 0.867. The molecule has 0 aliphatic heterocycles. The minimum atomic E-state index is -4.43. The lowest BCUT2D eigenvalue weighted by Gasteiger charge is -2.06. The summed E-state index contributed by atoms with van der Waals surface area (Å²) in [6.45, 7) is 8.00. The van der Waals surface area contributed by atoms with E-state index in [2.05, 4.69) is 25.6 Å². The highest BCUT2D eigenvalue weighted by Gasteiger charge is 2.32. The van der Waals surface area contributed by atoms with Crippen molar-refractivity contribution in [2.75, 3.05) is 0 Å². The second-order valence-electron chi connectivity index (χ2n) is 2.99. The van der Waals surface area contributed by atoms with E-state index in [9.17, 15) is 13.2 Å². The lowest BCUT2D eigenvalue weighted by atomic mass is 10.3. The standard InChI is InChI=1S/C8H6F3N5S.2C2H6/c9-8(10,11)6-3-5(1-2-12-6)17-4-7-13-15-16-14-7;2*1-2/h1-3H,4H2,(H,13,14,15,16);2*1-2H3. The van der Waals surface area contributed by atoms with Gasteiger partial charge in [0.05, 0.1) is 5.75 Å². The molecule has 0 atom stereocenters. The van der Waals surface area contributed by atoms with E-state index in [0.29, 0.717) is 16.5 Å². The Hall–Kier alpha value is -1.64. The zero-order chi connectivity index (χ0) is 16.3. The smallest absolute Gasteiger partial charge is 0.252 e. The molecule has 0 fully saturated rings. The molecule has 2 aromatic heterocycles. The van der Waals surface area contributed by atoms with Gasteiger partial charge in [-0.2, -0.15) is 18.4 Å². The Morgan fingerprint density at radius 1 is 1.19 bits per heavy atom. The van der Waals surface area contributed by atoms with Gasteiger partial charge >= 0.3 is 6.18 Å². The third-order valence-corrected chi connectivity index (χ3v) is 2.77. The van der Waals surface area contributed by atoms with Crippen molar-refractivity contribution in [3.8, 4) is 0 Å². The summed E-state index contributed by atoms with van der Waals surface area (Å²) in [7, 11) is 0. The van der Waals surface area contributed by atoms with Crippen molar-refractivity contribution in [1.82, 2.24) is 25.6 Å². The van der Waals surface area contributed by atoms with Crippen molar-refractivity contribution in [3.05, 3.63) is 29.8 Å². The number of aromatic nitrogens is 5. The van der Waals surface area contributed by atoms with Crippen LogP contribution in [0.5, 0.6) is 0 Å². The number of nitrogens with zero attached hydrogens (tertiary/aromatic N) is 4. The van der Waals surface area contributed by atoms with Crippen LogP contribution in [0.2, 0.25) is 0 Å². The molecule has 5 nitrogen and oxygen atoms in total. The van der Waals surface area contributed by atoms with Gasteiger partial charge in [-0.25, -0.2) is 0 Å². The molecular formula is C12H18F3N5S. The van der Waals surface area contributed by atoms with Crippen LogP contribution in [-0.2, 0) is 11.9 Å². The number of halogens is 3. The summed E-state index contributed by atoms with van der Waals surface area (Å²) >= 11 is 1.18. The molecule has 0 amide bonds. The van der Waals surface area contributed by atoms with Gasteiger partial charge in [-0.3, -0.25) is 4.98 Å². The van der Waals surface area contributed by atoms with Crippen LogP contribution < -0.4 is 0 Å². The number of tetrazole rings is 1. The highest BCUT2D eigenvalue weighted by atomic mass is 32.2. The number of thioether (sulfide) groups is 1.